The van der Waals surface area contributed by atoms with Crippen molar-refractivity contribution in [3.8, 4) is 22.6 Å². The van der Waals surface area contributed by atoms with Gasteiger partial charge >= 0.3 is 0 Å². The summed E-state index contributed by atoms with van der Waals surface area (Å²) < 4.78 is 72.1. The van der Waals surface area contributed by atoms with E-state index in [-0.39, 0.29) is 22.1 Å². The van der Waals surface area contributed by atoms with Gasteiger partial charge in [0, 0.05) is 51.6 Å². The van der Waals surface area contributed by atoms with Gasteiger partial charge in [-0.1, -0.05) is 46.3 Å². The normalized spacial score (nSPS) is 14.3. The van der Waals surface area contributed by atoms with E-state index in [2.05, 4.69) is 25.6 Å². The lowest BCUT2D eigenvalue weighted by molar-refractivity contribution is 0.1000. The molecule has 7 rings (SSSR count). The molecule has 0 bridgehead atoms. The number of aromatic nitrogens is 1. The van der Waals surface area contributed by atoms with Crippen LogP contribution in [-0.2, 0) is 39.4 Å². The van der Waals surface area contributed by atoms with Gasteiger partial charge in [-0.2, -0.15) is 8.42 Å². The maximum Gasteiger partial charge on any atom is 0.298 e. The molecule has 15 heteroatoms. The van der Waals surface area contributed by atoms with Crippen LogP contribution in [0.25, 0.3) is 22.0 Å². The fraction of sp³-hybridized carbons (Fsp3) is 0.206. The van der Waals surface area contributed by atoms with Gasteiger partial charge in [-0.25, -0.2) is 13.1 Å². The average molecular weight is 771 g/mol. The zero-order valence-electron chi connectivity index (χ0n) is 25.8. The number of nitrogens with one attached hydrogen (secondary N) is 2. The number of aromatic amines is 1. The molecule has 0 aliphatic carbocycles. The Labute approximate surface area is 291 Å². The minimum Gasteiger partial charge on any atom is -0.492 e. The van der Waals surface area contributed by atoms with Gasteiger partial charge in [0.15, 0.2) is 0 Å². The van der Waals surface area contributed by atoms with Crippen LogP contribution >= 0.6 is 15.9 Å². The molecule has 2 aliphatic heterocycles. The summed E-state index contributed by atoms with van der Waals surface area (Å²) in [5, 5.41) is 11.0. The number of carbonyl (C=O) groups excluding carboxylic acids is 1. The lowest BCUT2D eigenvalue weighted by Crippen LogP contribution is -2.39. The molecular weight excluding hydrogens is 738 g/mol. The van der Waals surface area contributed by atoms with E-state index in [1.54, 1.807) is 30.3 Å². The molecule has 0 saturated carbocycles. The van der Waals surface area contributed by atoms with Crippen molar-refractivity contribution in [1.29, 1.82) is 0 Å². The molecule has 5 aromatic rings. The van der Waals surface area contributed by atoms with E-state index >= 15 is 0 Å². The third kappa shape index (κ3) is 7.51. The van der Waals surface area contributed by atoms with Gasteiger partial charge < -0.3 is 25.3 Å². The lowest BCUT2D eigenvalue weighted by Gasteiger charge is -2.18. The molecule has 12 nitrogen and oxygen atoms in total. The molecule has 256 valence electrons. The predicted molar refractivity (Wildman–Crippen MR) is 186 cm³/mol. The number of hydrogen-bond acceptors (Lipinski definition) is 8. The summed E-state index contributed by atoms with van der Waals surface area (Å²) in [6.07, 6.45) is 3.37. The quantitative estimate of drug-likeness (QED) is 0.135. The molecule has 6 N–H and O–H groups in total. The van der Waals surface area contributed by atoms with E-state index in [9.17, 15) is 26.7 Å². The average Bonchev–Trinajstić information content (AvgIpc) is 3.83. The number of aliphatic hydroxyl groups excluding tert-OH is 1. The number of nitrogens with two attached hydrogens (primary N) is 1. The molecule has 1 amide bonds. The Balaban J connectivity index is 0.000000248. The number of fused-ring (bicyclic) bond motifs is 3. The monoisotopic (exact) mass is 769 g/mol. The highest BCUT2D eigenvalue weighted by atomic mass is 79.9. The van der Waals surface area contributed by atoms with Crippen LogP contribution in [0, 0.1) is 0 Å². The minimum atomic E-state index is -4.21. The van der Waals surface area contributed by atoms with Gasteiger partial charge in [-0.15, -0.1) is 0 Å². The van der Waals surface area contributed by atoms with E-state index in [0.717, 1.165) is 27.6 Å². The predicted octanol–water partition coefficient (Wildman–Crippen LogP) is 4.38. The number of rotatable bonds is 9. The molecule has 4 aromatic carbocycles. The summed E-state index contributed by atoms with van der Waals surface area (Å²) >= 11 is 3.18. The fourth-order valence-corrected chi connectivity index (χ4v) is 8.71. The number of H-pyrrole nitrogens is 1. The summed E-state index contributed by atoms with van der Waals surface area (Å²) in [4.78, 5) is 14.6. The van der Waals surface area contributed by atoms with Crippen molar-refractivity contribution < 1.29 is 40.8 Å². The van der Waals surface area contributed by atoms with Gasteiger partial charge in [-0.3, -0.25) is 9.35 Å². The summed E-state index contributed by atoms with van der Waals surface area (Å²) in [6, 6.07) is 20.3. The summed E-state index contributed by atoms with van der Waals surface area (Å²) in [7, 11) is -8.25. The molecule has 49 heavy (non-hydrogen) atoms. The molecule has 0 unspecified atom stereocenters. The molecule has 0 spiro atoms. The number of hydrogen-bond donors (Lipinski definition) is 5. The summed E-state index contributed by atoms with van der Waals surface area (Å²) in [6.45, 7) is 0.456. The Morgan fingerprint density at radius 2 is 1.59 bits per heavy atom. The van der Waals surface area contributed by atoms with Crippen LogP contribution < -0.4 is 19.9 Å². The zero-order valence-corrected chi connectivity index (χ0v) is 29.1. The van der Waals surface area contributed by atoms with Gasteiger partial charge in [0.2, 0.25) is 15.9 Å². The molecule has 1 atom stereocenters. The zero-order chi connectivity index (χ0) is 34.9. The second-order valence-corrected chi connectivity index (χ2v) is 15.5. The van der Waals surface area contributed by atoms with E-state index in [1.807, 2.05) is 36.5 Å². The van der Waals surface area contributed by atoms with Gasteiger partial charge in [0.05, 0.1) is 19.8 Å². The first kappa shape index (κ1) is 34.6. The second-order valence-electron chi connectivity index (χ2n) is 11.5. The van der Waals surface area contributed by atoms with Gasteiger partial charge in [-0.05, 0) is 71.1 Å². The van der Waals surface area contributed by atoms with Crippen LogP contribution in [0.1, 0.15) is 27.0 Å². The first-order chi connectivity index (χ1) is 23.3. The summed E-state index contributed by atoms with van der Waals surface area (Å²) in [5.74, 6) is 0.0284. The number of amides is 1. The van der Waals surface area contributed by atoms with Crippen LogP contribution in [0.3, 0.4) is 0 Å². The van der Waals surface area contributed by atoms with Crippen molar-refractivity contribution in [2.45, 2.75) is 35.1 Å². The van der Waals surface area contributed by atoms with Crippen LogP contribution in [0.5, 0.6) is 11.5 Å². The molecule has 3 heterocycles. The number of sulfonamides is 1. The van der Waals surface area contributed by atoms with Crippen molar-refractivity contribution in [1.82, 2.24) is 9.71 Å². The smallest absolute Gasteiger partial charge is 0.298 e. The van der Waals surface area contributed by atoms with Gasteiger partial charge in [0.25, 0.3) is 10.1 Å². The van der Waals surface area contributed by atoms with Crippen molar-refractivity contribution in [3.05, 3.63) is 106 Å². The maximum atomic E-state index is 13.5. The molecule has 0 fully saturated rings. The Morgan fingerprint density at radius 1 is 0.898 bits per heavy atom. The van der Waals surface area contributed by atoms with E-state index in [1.165, 1.54) is 12.1 Å². The Hall–Kier alpha value is -4.25. The van der Waals surface area contributed by atoms with E-state index < -0.39 is 32.1 Å². The van der Waals surface area contributed by atoms with Crippen LogP contribution in [0.2, 0.25) is 0 Å². The highest BCUT2D eigenvalue weighted by Gasteiger charge is 2.29. The molecule has 0 radical (unpaired) electrons. The third-order valence-corrected chi connectivity index (χ3v) is 11.0. The first-order valence-corrected chi connectivity index (χ1v) is 18.9. The first-order valence-electron chi connectivity index (χ1n) is 15.1. The number of aliphatic hydroxyl groups is 1. The fourth-order valence-electron chi connectivity index (χ4n) is 5.91. The highest BCUT2D eigenvalue weighted by molar-refractivity contribution is 9.10. The number of carbonyl (C=O) groups is 1. The van der Waals surface area contributed by atoms with Crippen molar-refractivity contribution in [2.24, 2.45) is 5.73 Å². The van der Waals surface area contributed by atoms with Crippen LogP contribution in [0.15, 0.2) is 93.3 Å². The Bertz CT molecular complexity index is 2290. The Kier molecular flexibility index (Phi) is 9.84. The summed E-state index contributed by atoms with van der Waals surface area (Å²) in [5.41, 5.74) is 10.5. The van der Waals surface area contributed by atoms with E-state index in [0.29, 0.717) is 59.4 Å². The largest absolute Gasteiger partial charge is 0.492 e. The highest BCUT2D eigenvalue weighted by Crippen LogP contribution is 2.38. The number of halogens is 1. The lowest BCUT2D eigenvalue weighted by atomic mass is 10.00. The second kappa shape index (κ2) is 13.9. The van der Waals surface area contributed by atoms with Crippen LogP contribution in [0.4, 0.5) is 0 Å². The van der Waals surface area contributed by atoms with Gasteiger partial charge in [0.1, 0.15) is 21.3 Å². The minimum absolute atomic E-state index is 0.00403. The van der Waals surface area contributed by atoms with Crippen LogP contribution in [-0.4, -0.2) is 63.2 Å². The topological polar surface area (TPSA) is 198 Å². The maximum absolute atomic E-state index is 13.5. The van der Waals surface area contributed by atoms with Crippen molar-refractivity contribution in [3.63, 3.8) is 0 Å². The number of primary amides is 1. The molecule has 1 aromatic heterocycles. The molecule has 2 aliphatic rings. The van der Waals surface area contributed by atoms with Crippen molar-refractivity contribution >= 4 is 52.9 Å². The molecule has 0 saturated heterocycles. The Morgan fingerprint density at radius 3 is 2.29 bits per heavy atom. The van der Waals surface area contributed by atoms with E-state index in [4.69, 9.17) is 19.8 Å². The SMILES string of the molecule is NC(=O)c1cccc(-c2cc3c(c(S(=O)(=O)N[C@@H](CO)Cc4c[nH]c5ccccc45)c2)OCC3)c1.O=S(=O)(O)c1cc(Br)cc2c1OCC2. The number of para-hydroxylation sites is 1. The molecular formula is C34H32BrN3O9S2. The van der Waals surface area contributed by atoms with Crippen molar-refractivity contribution in [2.75, 3.05) is 19.8 Å². The number of benzene rings is 4. The number of ether oxygens (including phenoxy) is 2. The standard InChI is InChI=1S/C26H25N3O5S.C8H7BrO4S/c27-26(31)18-5-3-4-16(10-18)19-11-17-8-9-34-25(17)24(13-19)35(32,33)29-21(15-30)12-20-14-28-23-7-2-1-6-22(20)23;9-6-3-5-1-2-13-8(5)7(4-6)14(10,11)12/h1-7,10-11,13-14,21,28-30H,8-9,12,15H2,(H2,27,31);3-4H,1-2H2,(H,10,11,12)/t21-;/m1./s1. The third-order valence-electron chi connectivity index (χ3n) is 8.20.